The number of nitrogens with two attached hydrogens (primary N) is 1. The molecule has 0 bridgehead atoms. The standard InChI is InChI=1S/C16H20N6O2/c1-9-7-22(14-4-5-18-16(17)20-14)8-12(9)19-15(23)11-6-13(24-21-11)10-2-3-10/h4-6,9-10,12H,2-3,7-8H2,1H3,(H,19,23)(H2,17,18,20)/t9-,12+/m1/s1. The molecule has 2 aromatic rings. The minimum absolute atomic E-state index is 0.0229. The molecule has 1 aliphatic carbocycles. The van der Waals surface area contributed by atoms with Gasteiger partial charge in [-0.2, -0.15) is 4.98 Å². The Hall–Kier alpha value is -2.64. The van der Waals surface area contributed by atoms with Crippen molar-refractivity contribution in [2.45, 2.75) is 31.7 Å². The number of anilines is 2. The van der Waals surface area contributed by atoms with E-state index in [4.69, 9.17) is 10.3 Å². The van der Waals surface area contributed by atoms with Gasteiger partial charge in [0.1, 0.15) is 11.6 Å². The molecule has 24 heavy (non-hydrogen) atoms. The number of hydrogen-bond acceptors (Lipinski definition) is 7. The minimum atomic E-state index is -0.188. The van der Waals surface area contributed by atoms with Crippen LogP contribution >= 0.6 is 0 Å². The van der Waals surface area contributed by atoms with Crippen LogP contribution in [0.4, 0.5) is 11.8 Å². The van der Waals surface area contributed by atoms with Crippen molar-refractivity contribution < 1.29 is 9.32 Å². The van der Waals surface area contributed by atoms with E-state index in [0.717, 1.165) is 31.0 Å². The van der Waals surface area contributed by atoms with Crippen molar-refractivity contribution >= 4 is 17.7 Å². The van der Waals surface area contributed by atoms with Crippen LogP contribution in [0.1, 0.15) is 41.9 Å². The summed E-state index contributed by atoms with van der Waals surface area (Å²) in [5.74, 6) is 2.40. The molecule has 0 radical (unpaired) electrons. The summed E-state index contributed by atoms with van der Waals surface area (Å²) in [6, 6.07) is 3.61. The van der Waals surface area contributed by atoms with Crippen LogP contribution in [0.2, 0.25) is 0 Å². The first-order valence-corrected chi connectivity index (χ1v) is 8.21. The number of nitrogen functional groups attached to an aromatic ring is 1. The van der Waals surface area contributed by atoms with Gasteiger partial charge in [-0.05, 0) is 24.8 Å². The van der Waals surface area contributed by atoms with Gasteiger partial charge in [-0.3, -0.25) is 4.79 Å². The number of nitrogens with one attached hydrogen (secondary N) is 1. The van der Waals surface area contributed by atoms with Crippen LogP contribution < -0.4 is 16.0 Å². The maximum Gasteiger partial charge on any atom is 0.273 e. The van der Waals surface area contributed by atoms with E-state index in [1.165, 1.54) is 0 Å². The van der Waals surface area contributed by atoms with E-state index in [2.05, 4.69) is 32.3 Å². The third-order valence-corrected chi connectivity index (χ3v) is 4.65. The van der Waals surface area contributed by atoms with Crippen molar-refractivity contribution in [2.24, 2.45) is 5.92 Å². The SMILES string of the molecule is C[C@@H]1CN(c2ccnc(N)n2)C[C@@H]1NC(=O)c1cc(C2CC2)on1. The molecule has 1 amide bonds. The van der Waals surface area contributed by atoms with E-state index in [9.17, 15) is 4.79 Å². The van der Waals surface area contributed by atoms with Crippen LogP contribution in [0.15, 0.2) is 22.9 Å². The average Bonchev–Trinajstić information content (AvgIpc) is 3.18. The van der Waals surface area contributed by atoms with Crippen molar-refractivity contribution in [1.82, 2.24) is 20.4 Å². The quantitative estimate of drug-likeness (QED) is 0.867. The van der Waals surface area contributed by atoms with Gasteiger partial charge in [0.05, 0.1) is 6.04 Å². The Morgan fingerprint density at radius 3 is 3.00 bits per heavy atom. The zero-order chi connectivity index (χ0) is 16.7. The number of amides is 1. The van der Waals surface area contributed by atoms with Gasteiger partial charge in [-0.1, -0.05) is 12.1 Å². The van der Waals surface area contributed by atoms with Crippen LogP contribution in [-0.4, -0.2) is 40.2 Å². The normalized spacial score (nSPS) is 23.5. The smallest absolute Gasteiger partial charge is 0.273 e. The van der Waals surface area contributed by atoms with E-state index in [-0.39, 0.29) is 17.9 Å². The van der Waals surface area contributed by atoms with Crippen LogP contribution in [0.25, 0.3) is 0 Å². The van der Waals surface area contributed by atoms with Crippen molar-refractivity contribution in [3.8, 4) is 0 Å². The molecule has 0 spiro atoms. The van der Waals surface area contributed by atoms with Crippen LogP contribution in [-0.2, 0) is 0 Å². The predicted molar refractivity (Wildman–Crippen MR) is 87.6 cm³/mol. The van der Waals surface area contributed by atoms with Crippen molar-refractivity contribution in [3.05, 3.63) is 29.8 Å². The van der Waals surface area contributed by atoms with Crippen molar-refractivity contribution in [3.63, 3.8) is 0 Å². The third-order valence-electron chi connectivity index (χ3n) is 4.65. The maximum atomic E-state index is 12.4. The molecule has 1 aliphatic heterocycles. The third kappa shape index (κ3) is 2.91. The molecule has 126 valence electrons. The summed E-state index contributed by atoms with van der Waals surface area (Å²) >= 11 is 0. The Labute approximate surface area is 139 Å². The zero-order valence-corrected chi connectivity index (χ0v) is 13.5. The molecule has 4 rings (SSSR count). The number of carbonyl (C=O) groups excluding carboxylic acids is 1. The summed E-state index contributed by atoms with van der Waals surface area (Å²) < 4.78 is 5.25. The summed E-state index contributed by atoms with van der Waals surface area (Å²) in [5.41, 5.74) is 6.00. The highest BCUT2D eigenvalue weighted by atomic mass is 16.5. The summed E-state index contributed by atoms with van der Waals surface area (Å²) in [7, 11) is 0. The van der Waals surface area contributed by atoms with Crippen LogP contribution in [0.5, 0.6) is 0 Å². The summed E-state index contributed by atoms with van der Waals surface area (Å²) in [5, 5.41) is 6.95. The molecule has 3 heterocycles. The minimum Gasteiger partial charge on any atom is -0.368 e. The van der Waals surface area contributed by atoms with E-state index in [1.54, 1.807) is 12.3 Å². The van der Waals surface area contributed by atoms with Crippen LogP contribution in [0.3, 0.4) is 0 Å². The fourth-order valence-electron chi connectivity index (χ4n) is 3.08. The monoisotopic (exact) mass is 328 g/mol. The lowest BCUT2D eigenvalue weighted by atomic mass is 10.1. The molecule has 2 atom stereocenters. The first kappa shape index (κ1) is 14.9. The summed E-state index contributed by atoms with van der Waals surface area (Å²) in [6.45, 7) is 3.58. The van der Waals surface area contributed by atoms with Gasteiger partial charge in [0, 0.05) is 31.3 Å². The predicted octanol–water partition coefficient (Wildman–Crippen LogP) is 1.18. The second kappa shape index (κ2) is 5.77. The van der Waals surface area contributed by atoms with Crippen molar-refractivity contribution in [1.29, 1.82) is 0 Å². The number of aromatic nitrogens is 3. The zero-order valence-electron chi connectivity index (χ0n) is 13.5. The molecule has 0 unspecified atom stereocenters. The van der Waals surface area contributed by atoms with Crippen molar-refractivity contribution in [2.75, 3.05) is 23.7 Å². The Morgan fingerprint density at radius 1 is 1.42 bits per heavy atom. The molecule has 0 aromatic carbocycles. The van der Waals surface area contributed by atoms with E-state index in [1.807, 2.05) is 6.07 Å². The molecule has 8 nitrogen and oxygen atoms in total. The van der Waals surface area contributed by atoms with Gasteiger partial charge in [-0.15, -0.1) is 0 Å². The maximum absolute atomic E-state index is 12.4. The molecule has 2 aliphatic rings. The Kier molecular flexibility index (Phi) is 3.59. The first-order chi connectivity index (χ1) is 11.6. The average molecular weight is 328 g/mol. The van der Waals surface area contributed by atoms with Gasteiger partial charge < -0.3 is 20.5 Å². The molecule has 8 heteroatoms. The molecular formula is C16H20N6O2. The lowest BCUT2D eigenvalue weighted by molar-refractivity contribution is 0.0924. The van der Waals surface area contributed by atoms with E-state index >= 15 is 0 Å². The van der Waals surface area contributed by atoms with Gasteiger partial charge in [-0.25, -0.2) is 4.98 Å². The van der Waals surface area contributed by atoms with Gasteiger partial charge in [0.25, 0.3) is 5.91 Å². The summed E-state index contributed by atoms with van der Waals surface area (Å²) in [4.78, 5) is 22.7. The fraction of sp³-hybridized carbons (Fsp3) is 0.500. The Bertz CT molecular complexity index is 757. The Balaban J connectivity index is 1.41. The Morgan fingerprint density at radius 2 is 2.25 bits per heavy atom. The lowest BCUT2D eigenvalue weighted by Crippen LogP contribution is -2.40. The molecule has 1 saturated heterocycles. The van der Waals surface area contributed by atoms with Gasteiger partial charge >= 0.3 is 0 Å². The topological polar surface area (TPSA) is 110 Å². The second-order valence-corrected chi connectivity index (χ2v) is 6.62. The highest BCUT2D eigenvalue weighted by molar-refractivity contribution is 5.92. The number of carbonyl (C=O) groups is 1. The van der Waals surface area contributed by atoms with E-state index < -0.39 is 0 Å². The van der Waals surface area contributed by atoms with Gasteiger partial charge in [0.2, 0.25) is 5.95 Å². The highest BCUT2D eigenvalue weighted by Crippen LogP contribution is 2.40. The van der Waals surface area contributed by atoms with Gasteiger partial charge in [0.15, 0.2) is 5.69 Å². The molecule has 2 aromatic heterocycles. The largest absolute Gasteiger partial charge is 0.368 e. The second-order valence-electron chi connectivity index (χ2n) is 6.62. The number of hydrogen-bond donors (Lipinski definition) is 2. The summed E-state index contributed by atoms with van der Waals surface area (Å²) in [6.07, 6.45) is 3.88. The van der Waals surface area contributed by atoms with Crippen LogP contribution in [0, 0.1) is 5.92 Å². The lowest BCUT2D eigenvalue weighted by Gasteiger charge is -2.17. The molecule has 2 fully saturated rings. The fourth-order valence-corrected chi connectivity index (χ4v) is 3.08. The first-order valence-electron chi connectivity index (χ1n) is 8.21. The molecule has 1 saturated carbocycles. The number of nitrogens with zero attached hydrogens (tertiary/aromatic N) is 4. The molecular weight excluding hydrogens is 308 g/mol. The number of rotatable bonds is 4. The van der Waals surface area contributed by atoms with E-state index in [0.29, 0.717) is 24.1 Å². The molecule has 3 N–H and O–H groups in total. The highest BCUT2D eigenvalue weighted by Gasteiger charge is 2.33.